The highest BCUT2D eigenvalue weighted by atomic mass is 35.5. The first-order valence-electron chi connectivity index (χ1n) is 6.80. The zero-order chi connectivity index (χ0) is 13.8. The van der Waals surface area contributed by atoms with Crippen molar-refractivity contribution >= 4 is 17.5 Å². The quantitative estimate of drug-likeness (QED) is 0.841. The van der Waals surface area contributed by atoms with E-state index < -0.39 is 0 Å². The van der Waals surface area contributed by atoms with Crippen LogP contribution in [0.15, 0.2) is 18.2 Å². The van der Waals surface area contributed by atoms with Gasteiger partial charge in [-0.3, -0.25) is 4.79 Å². The Labute approximate surface area is 119 Å². The molecule has 1 fully saturated rings. The van der Waals surface area contributed by atoms with Crippen LogP contribution in [0.1, 0.15) is 41.6 Å². The van der Waals surface area contributed by atoms with E-state index in [0.29, 0.717) is 24.0 Å². The van der Waals surface area contributed by atoms with Crippen molar-refractivity contribution in [3.8, 4) is 5.75 Å². The van der Waals surface area contributed by atoms with Gasteiger partial charge in [0.2, 0.25) is 0 Å². The van der Waals surface area contributed by atoms with Gasteiger partial charge in [-0.25, -0.2) is 0 Å². The number of hydrogen-bond acceptors (Lipinski definition) is 2. The van der Waals surface area contributed by atoms with Crippen LogP contribution in [0.4, 0.5) is 0 Å². The molecule has 2 rings (SSSR count). The highest BCUT2D eigenvalue weighted by Crippen LogP contribution is 2.27. The molecule has 1 aliphatic rings. The number of aromatic hydroxyl groups is 1. The topological polar surface area (TPSA) is 40.5 Å². The Kier molecular flexibility index (Phi) is 4.70. The Hall–Kier alpha value is -1.22. The van der Waals surface area contributed by atoms with Crippen LogP contribution in [0.3, 0.4) is 0 Å². The molecule has 1 N–H and O–H groups in total. The third kappa shape index (κ3) is 3.21. The van der Waals surface area contributed by atoms with E-state index >= 15 is 0 Å². The third-order valence-corrected chi connectivity index (χ3v) is 4.03. The van der Waals surface area contributed by atoms with Crippen molar-refractivity contribution in [3.05, 3.63) is 29.3 Å². The number of hydrogen-bond donors (Lipinski definition) is 1. The summed E-state index contributed by atoms with van der Waals surface area (Å²) in [5, 5.41) is 9.72. The maximum absolute atomic E-state index is 12.5. The van der Waals surface area contributed by atoms with Gasteiger partial charge in [0.15, 0.2) is 0 Å². The first-order chi connectivity index (χ1) is 9.13. The van der Waals surface area contributed by atoms with Gasteiger partial charge in [-0.2, -0.15) is 0 Å². The number of phenols is 1. The van der Waals surface area contributed by atoms with Gasteiger partial charge in [0, 0.05) is 24.0 Å². The zero-order valence-corrected chi connectivity index (χ0v) is 12.0. The van der Waals surface area contributed by atoms with Crippen LogP contribution in [-0.2, 0) is 0 Å². The minimum atomic E-state index is 0.00474. The Bertz CT molecular complexity index is 457. The molecule has 0 spiro atoms. The van der Waals surface area contributed by atoms with E-state index in [0.717, 1.165) is 24.8 Å². The number of alkyl halides is 1. The largest absolute Gasteiger partial charge is 0.508 e. The summed E-state index contributed by atoms with van der Waals surface area (Å²) in [7, 11) is 0. The normalized spacial score (nSPS) is 15.1. The minimum absolute atomic E-state index is 0.00474. The molecule has 0 unspecified atom stereocenters. The Balaban J connectivity index is 2.15. The summed E-state index contributed by atoms with van der Waals surface area (Å²) in [5.41, 5.74) is 1.34. The van der Waals surface area contributed by atoms with Gasteiger partial charge in [-0.05, 0) is 50.3 Å². The number of aryl methyl sites for hydroxylation is 1. The lowest BCUT2D eigenvalue weighted by atomic mass is 9.90. The number of phenolic OH excluding ortho intramolecular Hbond substituents is 1. The molecule has 0 atom stereocenters. The second kappa shape index (κ2) is 6.29. The van der Waals surface area contributed by atoms with E-state index in [2.05, 4.69) is 0 Å². The van der Waals surface area contributed by atoms with Crippen LogP contribution in [0.25, 0.3) is 0 Å². The van der Waals surface area contributed by atoms with E-state index in [1.54, 1.807) is 18.2 Å². The molecule has 1 aliphatic carbocycles. The molecule has 1 aromatic carbocycles. The number of benzene rings is 1. The van der Waals surface area contributed by atoms with Crippen LogP contribution in [0, 0.1) is 6.92 Å². The van der Waals surface area contributed by atoms with Gasteiger partial charge >= 0.3 is 0 Å². The molecule has 0 saturated heterocycles. The number of rotatable bonds is 5. The van der Waals surface area contributed by atoms with E-state index in [9.17, 15) is 9.90 Å². The lowest BCUT2D eigenvalue weighted by Crippen LogP contribution is -2.44. The predicted molar refractivity (Wildman–Crippen MR) is 76.9 cm³/mol. The standard InChI is InChI=1S/C15H20ClNO2/c1-11-6-7-12(10-14(11)18)15(19)17(9-3-8-16)13-4-2-5-13/h6-7,10,13,18H,2-5,8-9H2,1H3. The smallest absolute Gasteiger partial charge is 0.254 e. The summed E-state index contributed by atoms with van der Waals surface area (Å²) in [6.45, 7) is 2.52. The van der Waals surface area contributed by atoms with Crippen molar-refractivity contribution < 1.29 is 9.90 Å². The average Bonchev–Trinajstić information content (AvgIpc) is 2.34. The average molecular weight is 282 g/mol. The number of nitrogens with zero attached hydrogens (tertiary/aromatic N) is 1. The molecule has 0 heterocycles. The highest BCUT2D eigenvalue weighted by molar-refractivity contribution is 6.17. The van der Waals surface area contributed by atoms with Gasteiger partial charge < -0.3 is 10.0 Å². The van der Waals surface area contributed by atoms with Crippen LogP contribution in [0.5, 0.6) is 5.75 Å². The van der Waals surface area contributed by atoms with Crippen molar-refractivity contribution in [2.45, 2.75) is 38.6 Å². The van der Waals surface area contributed by atoms with Crippen LogP contribution in [0.2, 0.25) is 0 Å². The molecule has 0 aliphatic heterocycles. The molecule has 4 heteroatoms. The van der Waals surface area contributed by atoms with Crippen molar-refractivity contribution in [3.63, 3.8) is 0 Å². The molecule has 1 aromatic rings. The van der Waals surface area contributed by atoms with Crippen molar-refractivity contribution in [2.24, 2.45) is 0 Å². The molecule has 1 saturated carbocycles. The molecule has 0 bridgehead atoms. The minimum Gasteiger partial charge on any atom is -0.508 e. The fourth-order valence-electron chi connectivity index (χ4n) is 2.29. The number of halogens is 1. The van der Waals surface area contributed by atoms with Crippen LogP contribution < -0.4 is 0 Å². The SMILES string of the molecule is Cc1ccc(C(=O)N(CCCCl)C2CCC2)cc1O. The fraction of sp³-hybridized carbons (Fsp3) is 0.533. The van der Waals surface area contributed by atoms with E-state index in [1.807, 2.05) is 11.8 Å². The highest BCUT2D eigenvalue weighted by Gasteiger charge is 2.29. The Morgan fingerprint density at radius 3 is 2.74 bits per heavy atom. The van der Waals surface area contributed by atoms with Crippen molar-refractivity contribution in [1.29, 1.82) is 0 Å². The summed E-state index contributed by atoms with van der Waals surface area (Å²) in [6, 6.07) is 5.47. The lowest BCUT2D eigenvalue weighted by Gasteiger charge is -2.37. The molecule has 3 nitrogen and oxygen atoms in total. The summed E-state index contributed by atoms with van der Waals surface area (Å²) < 4.78 is 0. The zero-order valence-electron chi connectivity index (χ0n) is 11.2. The number of carbonyl (C=O) groups excluding carboxylic acids is 1. The Morgan fingerprint density at radius 1 is 1.47 bits per heavy atom. The van der Waals surface area contributed by atoms with Gasteiger partial charge in [0.25, 0.3) is 5.91 Å². The summed E-state index contributed by atoms with van der Waals surface area (Å²) in [5.74, 6) is 0.747. The van der Waals surface area contributed by atoms with Crippen LogP contribution in [-0.4, -0.2) is 34.4 Å². The van der Waals surface area contributed by atoms with Crippen molar-refractivity contribution in [1.82, 2.24) is 4.90 Å². The summed E-state index contributed by atoms with van der Waals surface area (Å²) in [4.78, 5) is 14.4. The molecule has 1 amide bonds. The van der Waals surface area contributed by atoms with E-state index in [4.69, 9.17) is 11.6 Å². The maximum atomic E-state index is 12.5. The molecule has 19 heavy (non-hydrogen) atoms. The Morgan fingerprint density at radius 2 is 2.21 bits per heavy atom. The molecule has 104 valence electrons. The fourth-order valence-corrected chi connectivity index (χ4v) is 2.41. The van der Waals surface area contributed by atoms with E-state index in [-0.39, 0.29) is 11.7 Å². The maximum Gasteiger partial charge on any atom is 0.254 e. The van der Waals surface area contributed by atoms with Gasteiger partial charge in [-0.1, -0.05) is 6.07 Å². The first kappa shape index (κ1) is 14.2. The van der Waals surface area contributed by atoms with Crippen LogP contribution >= 0.6 is 11.6 Å². The number of carbonyl (C=O) groups is 1. The monoisotopic (exact) mass is 281 g/mol. The van der Waals surface area contributed by atoms with Gasteiger partial charge in [0.1, 0.15) is 5.75 Å². The first-order valence-corrected chi connectivity index (χ1v) is 7.33. The third-order valence-electron chi connectivity index (χ3n) is 3.77. The summed E-state index contributed by atoms with van der Waals surface area (Å²) in [6.07, 6.45) is 4.15. The predicted octanol–water partition coefficient (Wildman–Crippen LogP) is 3.32. The molecule has 0 aromatic heterocycles. The van der Waals surface area contributed by atoms with Gasteiger partial charge in [-0.15, -0.1) is 11.6 Å². The molecular weight excluding hydrogens is 262 g/mol. The van der Waals surface area contributed by atoms with Crippen molar-refractivity contribution in [2.75, 3.05) is 12.4 Å². The second-order valence-electron chi connectivity index (χ2n) is 5.13. The second-order valence-corrected chi connectivity index (χ2v) is 5.51. The van der Waals surface area contributed by atoms with E-state index in [1.165, 1.54) is 6.42 Å². The van der Waals surface area contributed by atoms with Gasteiger partial charge in [0.05, 0.1) is 0 Å². The molecule has 0 radical (unpaired) electrons. The molecular formula is C15H20ClNO2. The summed E-state index contributed by atoms with van der Waals surface area (Å²) >= 11 is 5.73. The number of amides is 1. The lowest BCUT2D eigenvalue weighted by molar-refractivity contribution is 0.0580.